The summed E-state index contributed by atoms with van der Waals surface area (Å²) in [5, 5.41) is 0. The molecular formula is C22H23N3O2S. The van der Waals surface area contributed by atoms with Crippen molar-refractivity contribution in [2.45, 2.75) is 27.7 Å². The Morgan fingerprint density at radius 1 is 1.21 bits per heavy atom. The number of hydrogen-bond donors (Lipinski definition) is 2. The molecule has 28 heavy (non-hydrogen) atoms. The van der Waals surface area contributed by atoms with Crippen LogP contribution in [0.25, 0.3) is 16.3 Å². The zero-order valence-electron chi connectivity index (χ0n) is 16.6. The second-order valence-corrected chi connectivity index (χ2v) is 8.46. The SMILES string of the molecule is COC1=CC(c2cc3sc(C(=O)C(C)C)cc3[nH]2)=N/C1=C\c1[nH]c(C)cc1C. The molecule has 0 aromatic carbocycles. The molecular weight excluding hydrogens is 370 g/mol. The van der Waals surface area contributed by atoms with Crippen molar-refractivity contribution in [2.75, 3.05) is 7.11 Å². The number of H-pyrrole nitrogens is 2. The first-order chi connectivity index (χ1) is 13.4. The Labute approximate surface area is 167 Å². The van der Waals surface area contributed by atoms with E-state index >= 15 is 0 Å². The fourth-order valence-corrected chi connectivity index (χ4v) is 4.47. The summed E-state index contributed by atoms with van der Waals surface area (Å²) in [6.45, 7) is 7.96. The number of carbonyl (C=O) groups excluding carboxylic acids is 1. The monoisotopic (exact) mass is 393 g/mol. The van der Waals surface area contributed by atoms with Crippen LogP contribution in [0, 0.1) is 19.8 Å². The molecule has 3 aromatic rings. The van der Waals surface area contributed by atoms with Crippen LogP contribution in [0.3, 0.4) is 0 Å². The Hall–Kier alpha value is -2.86. The lowest BCUT2D eigenvalue weighted by atomic mass is 10.1. The van der Waals surface area contributed by atoms with Crippen LogP contribution in [0.4, 0.5) is 0 Å². The molecule has 0 radical (unpaired) electrons. The van der Waals surface area contributed by atoms with Gasteiger partial charge in [-0.05, 0) is 43.7 Å². The number of Topliss-reactive ketones (excluding diaryl/α,β-unsaturated/α-hetero) is 1. The van der Waals surface area contributed by atoms with Crippen LogP contribution in [0.1, 0.15) is 46.2 Å². The van der Waals surface area contributed by atoms with E-state index in [-0.39, 0.29) is 11.7 Å². The maximum Gasteiger partial charge on any atom is 0.175 e. The standard InChI is InChI=1S/C22H23N3O2S/c1-11(2)22(26)21-10-18-20(28-21)9-16(25-18)15-8-19(27-5)17(24-15)7-14-12(3)6-13(4)23-14/h6-11,23,25H,1-5H3/b17-7-. The molecule has 4 heterocycles. The Balaban J connectivity index is 1.68. The van der Waals surface area contributed by atoms with Crippen LogP contribution in [-0.4, -0.2) is 28.6 Å². The highest BCUT2D eigenvalue weighted by atomic mass is 32.1. The number of aryl methyl sites for hydroxylation is 2. The third kappa shape index (κ3) is 3.24. The molecule has 0 bridgehead atoms. The van der Waals surface area contributed by atoms with Crippen molar-refractivity contribution in [1.29, 1.82) is 0 Å². The minimum atomic E-state index is 0.00130. The maximum atomic E-state index is 12.2. The van der Waals surface area contributed by atoms with Gasteiger partial charge >= 0.3 is 0 Å². The van der Waals surface area contributed by atoms with Crippen molar-refractivity contribution in [3.05, 3.63) is 63.3 Å². The highest BCUT2D eigenvalue weighted by molar-refractivity contribution is 7.20. The van der Waals surface area contributed by atoms with E-state index in [1.807, 2.05) is 45.1 Å². The van der Waals surface area contributed by atoms with Crippen molar-refractivity contribution in [2.24, 2.45) is 10.9 Å². The Bertz CT molecular complexity index is 1140. The summed E-state index contributed by atoms with van der Waals surface area (Å²) < 4.78 is 6.59. The number of carbonyl (C=O) groups is 1. The zero-order chi connectivity index (χ0) is 20.0. The van der Waals surface area contributed by atoms with Crippen molar-refractivity contribution >= 4 is 39.1 Å². The molecule has 0 aliphatic carbocycles. The van der Waals surface area contributed by atoms with Gasteiger partial charge < -0.3 is 14.7 Å². The lowest BCUT2D eigenvalue weighted by molar-refractivity contribution is 0.0943. The summed E-state index contributed by atoms with van der Waals surface area (Å²) in [5.74, 6) is 0.912. The molecule has 6 heteroatoms. The minimum Gasteiger partial charge on any atom is -0.494 e. The van der Waals surface area contributed by atoms with Crippen LogP contribution < -0.4 is 0 Å². The van der Waals surface area contributed by atoms with Gasteiger partial charge in [0.2, 0.25) is 0 Å². The normalized spacial score (nSPS) is 15.6. The zero-order valence-corrected chi connectivity index (χ0v) is 17.5. The summed E-state index contributed by atoms with van der Waals surface area (Å²) in [5.41, 5.74) is 6.82. The third-order valence-electron chi connectivity index (χ3n) is 4.80. The average Bonchev–Trinajstić information content (AvgIpc) is 3.37. The first-order valence-electron chi connectivity index (χ1n) is 9.25. The van der Waals surface area contributed by atoms with E-state index in [0.717, 1.165) is 49.3 Å². The molecule has 0 saturated heterocycles. The predicted molar refractivity (Wildman–Crippen MR) is 115 cm³/mol. The van der Waals surface area contributed by atoms with Crippen molar-refractivity contribution < 1.29 is 9.53 Å². The first-order valence-corrected chi connectivity index (χ1v) is 10.1. The van der Waals surface area contributed by atoms with E-state index in [1.54, 1.807) is 7.11 Å². The summed E-state index contributed by atoms with van der Waals surface area (Å²) >= 11 is 1.52. The van der Waals surface area contributed by atoms with Crippen molar-refractivity contribution in [3.8, 4) is 0 Å². The van der Waals surface area contributed by atoms with Crippen LogP contribution in [0.5, 0.6) is 0 Å². The number of aromatic amines is 2. The second kappa shape index (κ2) is 6.95. The predicted octanol–water partition coefficient (Wildman–Crippen LogP) is 5.39. The van der Waals surface area contributed by atoms with Crippen LogP contribution >= 0.6 is 11.3 Å². The van der Waals surface area contributed by atoms with Gasteiger partial charge in [-0.25, -0.2) is 4.99 Å². The van der Waals surface area contributed by atoms with Gasteiger partial charge in [0.25, 0.3) is 0 Å². The molecule has 3 aromatic heterocycles. The lowest BCUT2D eigenvalue weighted by Gasteiger charge is -2.01. The largest absolute Gasteiger partial charge is 0.494 e. The first kappa shape index (κ1) is 18.5. The van der Waals surface area contributed by atoms with Gasteiger partial charge in [-0.15, -0.1) is 11.3 Å². The number of ether oxygens (including phenoxy) is 1. The molecule has 1 aliphatic rings. The number of nitrogens with one attached hydrogen (secondary N) is 2. The van der Waals surface area contributed by atoms with Gasteiger partial charge in [-0.3, -0.25) is 4.79 Å². The van der Waals surface area contributed by atoms with E-state index in [2.05, 4.69) is 23.0 Å². The van der Waals surface area contributed by atoms with E-state index in [9.17, 15) is 4.79 Å². The number of hydrogen-bond acceptors (Lipinski definition) is 4. The Morgan fingerprint density at radius 2 is 2.00 bits per heavy atom. The molecule has 0 atom stereocenters. The summed E-state index contributed by atoms with van der Waals surface area (Å²) in [6.07, 6.45) is 3.95. The van der Waals surface area contributed by atoms with E-state index < -0.39 is 0 Å². The van der Waals surface area contributed by atoms with Crippen LogP contribution in [-0.2, 0) is 4.74 Å². The van der Waals surface area contributed by atoms with Crippen LogP contribution in [0.15, 0.2) is 40.7 Å². The molecule has 0 spiro atoms. The molecule has 2 N–H and O–H groups in total. The molecule has 144 valence electrons. The van der Waals surface area contributed by atoms with Gasteiger partial charge in [0.15, 0.2) is 5.78 Å². The number of allylic oxidation sites excluding steroid dienone is 1. The smallest absolute Gasteiger partial charge is 0.175 e. The summed E-state index contributed by atoms with van der Waals surface area (Å²) in [7, 11) is 1.65. The number of fused-ring (bicyclic) bond motifs is 1. The van der Waals surface area contributed by atoms with Gasteiger partial charge in [0.1, 0.15) is 11.5 Å². The highest BCUT2D eigenvalue weighted by Gasteiger charge is 2.20. The van der Waals surface area contributed by atoms with Crippen LogP contribution in [0.2, 0.25) is 0 Å². The second-order valence-electron chi connectivity index (χ2n) is 7.38. The molecule has 5 nitrogen and oxygen atoms in total. The molecule has 0 unspecified atom stereocenters. The van der Waals surface area contributed by atoms with E-state index in [4.69, 9.17) is 9.73 Å². The fourth-order valence-electron chi connectivity index (χ4n) is 3.32. The van der Waals surface area contributed by atoms with Gasteiger partial charge in [-0.1, -0.05) is 13.8 Å². The Morgan fingerprint density at radius 3 is 2.61 bits per heavy atom. The van der Waals surface area contributed by atoms with Gasteiger partial charge in [0, 0.05) is 23.4 Å². The minimum absolute atomic E-state index is 0.00130. The molecule has 0 amide bonds. The quantitative estimate of drug-likeness (QED) is 0.571. The number of ketones is 1. The number of nitrogens with zero attached hydrogens (tertiary/aromatic N) is 1. The van der Waals surface area contributed by atoms with Gasteiger partial charge in [0.05, 0.1) is 33.6 Å². The fraction of sp³-hybridized carbons (Fsp3) is 0.273. The third-order valence-corrected chi connectivity index (χ3v) is 5.90. The molecule has 4 rings (SSSR count). The van der Waals surface area contributed by atoms with Gasteiger partial charge in [-0.2, -0.15) is 0 Å². The number of methoxy groups -OCH3 is 1. The highest BCUT2D eigenvalue weighted by Crippen LogP contribution is 2.31. The number of rotatable bonds is 5. The molecule has 1 aliphatic heterocycles. The lowest BCUT2D eigenvalue weighted by Crippen LogP contribution is -2.04. The summed E-state index contributed by atoms with van der Waals surface area (Å²) in [4.78, 5) is 24.5. The van der Waals surface area contributed by atoms with Crippen molar-refractivity contribution in [1.82, 2.24) is 9.97 Å². The Kier molecular flexibility index (Phi) is 4.59. The average molecular weight is 394 g/mol. The summed E-state index contributed by atoms with van der Waals surface area (Å²) in [6, 6.07) is 6.09. The number of thiophene rings is 1. The van der Waals surface area contributed by atoms with E-state index in [0.29, 0.717) is 0 Å². The number of aromatic nitrogens is 2. The number of aliphatic imine (C=N–C) groups is 1. The van der Waals surface area contributed by atoms with E-state index in [1.165, 1.54) is 16.9 Å². The topological polar surface area (TPSA) is 70.2 Å². The molecule has 0 fully saturated rings. The molecule has 0 saturated carbocycles. The van der Waals surface area contributed by atoms with Crippen molar-refractivity contribution in [3.63, 3.8) is 0 Å². The maximum absolute atomic E-state index is 12.2.